The molecular weight excluding hydrogens is 306 g/mol. The minimum absolute atomic E-state index is 0.0490. The molecule has 8 heteroatoms. The molecule has 2 aliphatic heterocycles. The van der Waals surface area contributed by atoms with Crippen molar-refractivity contribution in [2.45, 2.75) is 56.7 Å². The second kappa shape index (κ2) is 6.43. The topological polar surface area (TPSA) is 104 Å². The van der Waals surface area contributed by atoms with E-state index in [0.717, 1.165) is 38.4 Å². The van der Waals surface area contributed by atoms with E-state index < -0.39 is 21.7 Å². The fraction of sp³-hybridized carbons (Fsp3) is 0.929. The Morgan fingerprint density at radius 3 is 2.68 bits per heavy atom. The number of β-amino-alcohol motifs (C(OH)–C–C–N with tert-alkyl or cyclic N) is 1. The third kappa shape index (κ3) is 3.29. The maximum Gasteiger partial charge on any atom is 0.237 e. The highest BCUT2D eigenvalue weighted by molar-refractivity contribution is 7.88. The van der Waals surface area contributed by atoms with Crippen LogP contribution in [-0.2, 0) is 14.8 Å². The molecular formula is C14H27N3O4S. The molecule has 0 spiro atoms. The molecule has 0 aromatic rings. The van der Waals surface area contributed by atoms with E-state index in [1.165, 1.54) is 4.31 Å². The van der Waals surface area contributed by atoms with Crippen molar-refractivity contribution in [3.8, 4) is 0 Å². The van der Waals surface area contributed by atoms with E-state index >= 15 is 0 Å². The molecule has 2 fully saturated rings. The summed E-state index contributed by atoms with van der Waals surface area (Å²) in [5.41, 5.74) is 4.99. The average Bonchev–Trinajstić information content (AvgIpc) is 2.63. The lowest BCUT2D eigenvalue weighted by atomic mass is 9.87. The fourth-order valence-corrected chi connectivity index (χ4v) is 4.90. The van der Waals surface area contributed by atoms with Crippen LogP contribution in [-0.4, -0.2) is 72.2 Å². The minimum atomic E-state index is -3.33. The van der Waals surface area contributed by atoms with Gasteiger partial charge in [0.05, 0.1) is 12.4 Å². The Morgan fingerprint density at radius 2 is 2.14 bits per heavy atom. The number of nitrogens with zero attached hydrogens (tertiary/aromatic N) is 2. The Hall–Kier alpha value is -0.700. The van der Waals surface area contributed by atoms with Crippen LogP contribution in [0.5, 0.6) is 0 Å². The van der Waals surface area contributed by atoms with Crippen LogP contribution in [0.3, 0.4) is 0 Å². The molecule has 0 radical (unpaired) electrons. The lowest BCUT2D eigenvalue weighted by Gasteiger charge is -2.43. The highest BCUT2D eigenvalue weighted by Gasteiger charge is 2.52. The number of aliphatic hydroxyl groups is 1. The van der Waals surface area contributed by atoms with Crippen molar-refractivity contribution >= 4 is 15.9 Å². The van der Waals surface area contributed by atoms with E-state index in [0.29, 0.717) is 13.1 Å². The summed E-state index contributed by atoms with van der Waals surface area (Å²) in [6.45, 7) is 2.40. The Labute approximate surface area is 132 Å². The summed E-state index contributed by atoms with van der Waals surface area (Å²) in [6.07, 6.45) is 4.68. The molecule has 0 aliphatic carbocycles. The quantitative estimate of drug-likeness (QED) is 0.654. The summed E-state index contributed by atoms with van der Waals surface area (Å²) in [7, 11) is -3.33. The molecule has 0 unspecified atom stereocenters. The van der Waals surface area contributed by atoms with Crippen LogP contribution < -0.4 is 5.73 Å². The second-order valence-corrected chi connectivity index (χ2v) is 8.48. The first-order chi connectivity index (χ1) is 10.2. The summed E-state index contributed by atoms with van der Waals surface area (Å²) in [4.78, 5) is 14.0. The molecule has 2 rings (SSSR count). The molecule has 0 aromatic heterocycles. The van der Waals surface area contributed by atoms with Crippen molar-refractivity contribution in [1.82, 2.24) is 9.21 Å². The molecule has 2 aliphatic rings. The van der Waals surface area contributed by atoms with E-state index in [1.54, 1.807) is 6.92 Å². The van der Waals surface area contributed by atoms with E-state index in [-0.39, 0.29) is 18.5 Å². The zero-order valence-corrected chi connectivity index (χ0v) is 14.2. The van der Waals surface area contributed by atoms with Gasteiger partial charge in [0.1, 0.15) is 5.54 Å². The van der Waals surface area contributed by atoms with Crippen LogP contribution in [0.25, 0.3) is 0 Å². The number of primary amides is 1. The third-order valence-electron chi connectivity index (χ3n) is 5.11. The summed E-state index contributed by atoms with van der Waals surface area (Å²) in [6, 6.07) is 0.268. The second-order valence-electron chi connectivity index (χ2n) is 6.50. The largest absolute Gasteiger partial charge is 0.390 e. The number of nitrogens with two attached hydrogens (primary N) is 1. The molecule has 3 atom stereocenters. The molecule has 22 heavy (non-hydrogen) atoms. The number of hydrogen-bond acceptors (Lipinski definition) is 5. The molecule has 2 saturated heterocycles. The molecule has 7 nitrogen and oxygen atoms in total. The van der Waals surface area contributed by atoms with E-state index in [2.05, 4.69) is 0 Å². The van der Waals surface area contributed by atoms with Gasteiger partial charge in [-0.25, -0.2) is 8.42 Å². The van der Waals surface area contributed by atoms with Gasteiger partial charge in [-0.05, 0) is 32.1 Å². The summed E-state index contributed by atoms with van der Waals surface area (Å²) in [5, 5.41) is 10.3. The number of fused-ring (bicyclic) bond motifs is 2. The Balaban J connectivity index is 2.07. The number of amides is 1. The van der Waals surface area contributed by atoms with Crippen LogP contribution >= 0.6 is 0 Å². The molecule has 128 valence electrons. The van der Waals surface area contributed by atoms with Crippen molar-refractivity contribution in [2.75, 3.05) is 25.9 Å². The van der Waals surface area contributed by atoms with Crippen LogP contribution in [0.4, 0.5) is 0 Å². The highest BCUT2D eigenvalue weighted by atomic mass is 32.2. The van der Waals surface area contributed by atoms with Gasteiger partial charge in [0.15, 0.2) is 0 Å². The zero-order valence-electron chi connectivity index (χ0n) is 13.4. The normalized spacial score (nSPS) is 30.6. The summed E-state index contributed by atoms with van der Waals surface area (Å²) < 4.78 is 24.5. The number of likely N-dealkylation sites (N-methyl/N-ethyl adjacent to an activating group) is 1. The van der Waals surface area contributed by atoms with Gasteiger partial charge >= 0.3 is 0 Å². The number of aliphatic hydroxyl groups excluding tert-OH is 1. The molecule has 3 N–H and O–H groups in total. The lowest BCUT2D eigenvalue weighted by molar-refractivity contribution is -0.132. The maximum absolute atomic E-state index is 12.0. The number of rotatable bonds is 7. The van der Waals surface area contributed by atoms with Crippen LogP contribution in [0.15, 0.2) is 0 Å². The fourth-order valence-electron chi connectivity index (χ4n) is 3.98. The van der Waals surface area contributed by atoms with Gasteiger partial charge in [-0.3, -0.25) is 9.69 Å². The van der Waals surface area contributed by atoms with Gasteiger partial charge in [-0.1, -0.05) is 6.92 Å². The first kappa shape index (κ1) is 17.7. The summed E-state index contributed by atoms with van der Waals surface area (Å²) in [5.74, 6) is -0.322. The first-order valence-corrected chi connectivity index (χ1v) is 9.75. The van der Waals surface area contributed by atoms with E-state index in [4.69, 9.17) is 5.73 Å². The minimum Gasteiger partial charge on any atom is -0.390 e. The molecule has 2 heterocycles. The number of hydrogen-bond donors (Lipinski definition) is 2. The van der Waals surface area contributed by atoms with Crippen molar-refractivity contribution < 1.29 is 18.3 Å². The van der Waals surface area contributed by atoms with Gasteiger partial charge in [0, 0.05) is 25.7 Å². The third-order valence-corrected chi connectivity index (χ3v) is 6.46. The standard InChI is InChI=1S/C14H27N3O4S/c1-3-16(22(2,20)21)9-12(18)10-17-11-5-4-7-14(17,8-6-11)13(15)19/h11-12,18H,3-10H2,1-2H3,(H2,15,19)/t11-,12+,14+/m1/s1. The monoisotopic (exact) mass is 333 g/mol. The molecule has 2 bridgehead atoms. The van der Waals surface area contributed by atoms with Gasteiger partial charge in [-0.15, -0.1) is 0 Å². The number of carbonyl (C=O) groups is 1. The first-order valence-electron chi connectivity index (χ1n) is 7.90. The van der Waals surface area contributed by atoms with Gasteiger partial charge in [-0.2, -0.15) is 4.31 Å². The molecule has 0 aromatic carbocycles. The predicted molar refractivity (Wildman–Crippen MR) is 83.6 cm³/mol. The maximum atomic E-state index is 12.0. The Kier molecular flexibility index (Phi) is 5.16. The zero-order chi connectivity index (χ0) is 16.5. The highest BCUT2D eigenvalue weighted by Crippen LogP contribution is 2.43. The smallest absolute Gasteiger partial charge is 0.237 e. The van der Waals surface area contributed by atoms with Crippen molar-refractivity contribution in [1.29, 1.82) is 0 Å². The number of sulfonamides is 1. The Morgan fingerprint density at radius 1 is 1.45 bits per heavy atom. The number of piperidine rings is 1. The van der Waals surface area contributed by atoms with Gasteiger partial charge in [0.25, 0.3) is 0 Å². The Bertz CT molecular complexity index is 520. The molecule has 0 saturated carbocycles. The van der Waals surface area contributed by atoms with Crippen LogP contribution in [0.1, 0.15) is 39.0 Å². The van der Waals surface area contributed by atoms with Crippen LogP contribution in [0.2, 0.25) is 0 Å². The van der Waals surface area contributed by atoms with Crippen LogP contribution in [0, 0.1) is 0 Å². The SMILES string of the molecule is CCN(C[C@H](O)CN1[C@@H]2CCC[C@@]1(C(N)=O)CC2)S(C)(=O)=O. The summed E-state index contributed by atoms with van der Waals surface area (Å²) >= 11 is 0. The predicted octanol–water partition coefficient (Wildman–Crippen LogP) is -0.499. The van der Waals surface area contributed by atoms with Gasteiger partial charge in [0.2, 0.25) is 15.9 Å². The lowest BCUT2D eigenvalue weighted by Crippen LogP contribution is -2.60. The van der Waals surface area contributed by atoms with Crippen molar-refractivity contribution in [3.63, 3.8) is 0 Å². The van der Waals surface area contributed by atoms with Crippen molar-refractivity contribution in [3.05, 3.63) is 0 Å². The molecule has 1 amide bonds. The van der Waals surface area contributed by atoms with Gasteiger partial charge < -0.3 is 10.8 Å². The van der Waals surface area contributed by atoms with E-state index in [9.17, 15) is 18.3 Å². The van der Waals surface area contributed by atoms with Crippen molar-refractivity contribution in [2.24, 2.45) is 5.73 Å². The average molecular weight is 333 g/mol. The number of carbonyl (C=O) groups excluding carboxylic acids is 1. The van der Waals surface area contributed by atoms with E-state index in [1.807, 2.05) is 4.90 Å².